The van der Waals surface area contributed by atoms with E-state index in [-0.39, 0.29) is 12.8 Å². The number of hydrogen-bond donors (Lipinski definition) is 3. The monoisotopic (exact) mass is 307 g/mol. The number of aliphatic carboxylic acids is 1. The fraction of sp³-hybridized carbons (Fsp3) is 0.500. The van der Waals surface area contributed by atoms with Crippen molar-refractivity contribution in [1.82, 2.24) is 0 Å². The van der Waals surface area contributed by atoms with Gasteiger partial charge in [-0.25, -0.2) is 4.79 Å². The van der Waals surface area contributed by atoms with Crippen molar-refractivity contribution >= 4 is 17.7 Å². The molecule has 0 heterocycles. The first kappa shape index (κ1) is 16.3. The van der Waals surface area contributed by atoms with Gasteiger partial charge in [0.25, 0.3) is 0 Å². The summed E-state index contributed by atoms with van der Waals surface area (Å²) in [4.78, 5) is 23.6. The average molecular weight is 307 g/mol. The Morgan fingerprint density at radius 2 is 1.86 bits per heavy atom. The number of carbonyl (C=O) groups is 2. The predicted octanol–water partition coefficient (Wildman–Crippen LogP) is 2.51. The van der Waals surface area contributed by atoms with Crippen LogP contribution in [0.25, 0.3) is 0 Å². The molecule has 6 heteroatoms. The summed E-state index contributed by atoms with van der Waals surface area (Å²) in [5.41, 5.74) is -0.925. The molecule has 0 aromatic heterocycles. The molecule has 0 aliphatic heterocycles. The molecule has 1 aliphatic carbocycles. The van der Waals surface area contributed by atoms with Gasteiger partial charge in [0.05, 0.1) is 11.5 Å². The molecular weight excluding hydrogens is 286 g/mol. The summed E-state index contributed by atoms with van der Waals surface area (Å²) in [5, 5.41) is 21.7. The lowest BCUT2D eigenvalue weighted by Crippen LogP contribution is -2.51. The van der Waals surface area contributed by atoms with Gasteiger partial charge in [0.2, 0.25) is 0 Å². The summed E-state index contributed by atoms with van der Waals surface area (Å²) in [7, 11) is 0. The van der Waals surface area contributed by atoms with Gasteiger partial charge in [-0.2, -0.15) is 0 Å². The number of carboxylic acid groups (broad SMARTS) is 1. The molecule has 120 valence electrons. The zero-order valence-electron chi connectivity index (χ0n) is 12.9. The lowest BCUT2D eigenvalue weighted by molar-refractivity contribution is -0.152. The fourth-order valence-corrected chi connectivity index (χ4v) is 2.68. The number of aliphatic hydroxyl groups excluding tert-OH is 1. The number of nitrogens with one attached hydrogen (secondary N) is 1. The van der Waals surface area contributed by atoms with Crippen LogP contribution in [0.4, 0.5) is 10.5 Å². The number of ether oxygens (including phenoxy) is 1. The largest absolute Gasteiger partial charge is 0.481 e. The van der Waals surface area contributed by atoms with E-state index < -0.39 is 29.2 Å². The van der Waals surface area contributed by atoms with Crippen molar-refractivity contribution in [1.29, 1.82) is 0 Å². The normalized spacial score (nSPS) is 24.3. The minimum absolute atomic E-state index is 0.134. The van der Waals surface area contributed by atoms with Crippen LogP contribution in [0.3, 0.4) is 0 Å². The van der Waals surface area contributed by atoms with Crippen LogP contribution in [-0.4, -0.2) is 34.0 Å². The van der Waals surface area contributed by atoms with Gasteiger partial charge in [-0.1, -0.05) is 18.2 Å². The van der Waals surface area contributed by atoms with Gasteiger partial charge in [0, 0.05) is 5.69 Å². The van der Waals surface area contributed by atoms with Crippen LogP contribution in [0.1, 0.15) is 39.2 Å². The third-order valence-corrected chi connectivity index (χ3v) is 3.66. The first-order valence-electron chi connectivity index (χ1n) is 7.15. The molecular formula is C16H21NO5. The molecule has 1 aliphatic rings. The molecule has 1 aromatic carbocycles. The van der Waals surface area contributed by atoms with Gasteiger partial charge >= 0.3 is 12.1 Å². The molecule has 1 amide bonds. The second kappa shape index (κ2) is 5.61. The number of carbonyl (C=O) groups excluding carboxylic acids is 1. The molecule has 22 heavy (non-hydrogen) atoms. The molecule has 0 bridgehead atoms. The van der Waals surface area contributed by atoms with Crippen molar-refractivity contribution in [2.24, 2.45) is 0 Å². The molecule has 0 atom stereocenters. The van der Waals surface area contributed by atoms with Gasteiger partial charge in [0.1, 0.15) is 5.60 Å². The first-order valence-corrected chi connectivity index (χ1v) is 7.15. The first-order chi connectivity index (χ1) is 10.1. The second-order valence-electron chi connectivity index (χ2n) is 6.62. The molecule has 6 nitrogen and oxygen atoms in total. The molecule has 0 spiro atoms. The zero-order valence-corrected chi connectivity index (χ0v) is 12.9. The maximum absolute atomic E-state index is 11.9. The Balaban J connectivity index is 2.28. The lowest BCUT2D eigenvalue weighted by Gasteiger charge is -2.42. The number of para-hydroxylation sites is 1. The Labute approximate surface area is 129 Å². The Bertz CT molecular complexity index is 584. The summed E-state index contributed by atoms with van der Waals surface area (Å²) in [6, 6.07) is 6.72. The van der Waals surface area contributed by atoms with Gasteiger partial charge in [-0.15, -0.1) is 0 Å². The molecule has 2 rings (SSSR count). The summed E-state index contributed by atoms with van der Waals surface area (Å²) in [6.07, 6.45) is -1.00. The number of hydrogen-bond acceptors (Lipinski definition) is 4. The van der Waals surface area contributed by atoms with Crippen LogP contribution in [0, 0.1) is 0 Å². The highest BCUT2D eigenvalue weighted by Crippen LogP contribution is 2.46. The Morgan fingerprint density at radius 1 is 1.27 bits per heavy atom. The van der Waals surface area contributed by atoms with E-state index in [2.05, 4.69) is 5.32 Å². The standard InChI is InChI=1S/C16H21NO5/c1-15(2,3)22-14(21)17-12-7-5-4-6-11(12)16(13(19)20)8-10(18)9-16/h4-7,10,18H,8-9H2,1-3H3,(H,17,21)(H,19,20). The van der Waals surface area contributed by atoms with E-state index in [1.165, 1.54) is 0 Å². The number of benzene rings is 1. The number of carboxylic acids is 1. The van der Waals surface area contributed by atoms with Crippen LogP contribution in [-0.2, 0) is 14.9 Å². The summed E-state index contributed by atoms with van der Waals surface area (Å²) >= 11 is 0. The zero-order chi connectivity index (χ0) is 16.5. The minimum atomic E-state index is -1.16. The summed E-state index contributed by atoms with van der Waals surface area (Å²) in [5.74, 6) is -1.00. The van der Waals surface area contributed by atoms with Crippen molar-refractivity contribution in [2.75, 3.05) is 5.32 Å². The van der Waals surface area contributed by atoms with Crippen molar-refractivity contribution < 1.29 is 24.5 Å². The SMILES string of the molecule is CC(C)(C)OC(=O)Nc1ccccc1C1(C(=O)O)CC(O)C1. The van der Waals surface area contributed by atoms with E-state index >= 15 is 0 Å². The van der Waals surface area contributed by atoms with Crippen molar-refractivity contribution in [3.63, 3.8) is 0 Å². The molecule has 0 radical (unpaired) electrons. The van der Waals surface area contributed by atoms with Crippen molar-refractivity contribution in [3.8, 4) is 0 Å². The maximum Gasteiger partial charge on any atom is 0.412 e. The topological polar surface area (TPSA) is 95.9 Å². The van der Waals surface area contributed by atoms with Crippen LogP contribution >= 0.6 is 0 Å². The van der Waals surface area contributed by atoms with Gasteiger partial charge in [-0.3, -0.25) is 10.1 Å². The third-order valence-electron chi connectivity index (χ3n) is 3.66. The smallest absolute Gasteiger partial charge is 0.412 e. The van der Waals surface area contributed by atoms with Crippen LogP contribution in [0.5, 0.6) is 0 Å². The highest BCUT2D eigenvalue weighted by atomic mass is 16.6. The summed E-state index contributed by atoms with van der Waals surface area (Å²) < 4.78 is 5.20. The quantitative estimate of drug-likeness (QED) is 0.797. The highest BCUT2D eigenvalue weighted by Gasteiger charge is 2.52. The highest BCUT2D eigenvalue weighted by molar-refractivity contribution is 5.91. The predicted molar refractivity (Wildman–Crippen MR) is 80.9 cm³/mol. The van der Waals surface area contributed by atoms with Gasteiger partial charge in [-0.05, 0) is 45.2 Å². The van der Waals surface area contributed by atoms with Crippen molar-refractivity contribution in [3.05, 3.63) is 29.8 Å². The number of anilines is 1. The number of rotatable bonds is 3. The fourth-order valence-electron chi connectivity index (χ4n) is 2.68. The van der Waals surface area contributed by atoms with Gasteiger partial charge in [0.15, 0.2) is 0 Å². The van der Waals surface area contributed by atoms with Crippen LogP contribution < -0.4 is 5.32 Å². The third kappa shape index (κ3) is 3.22. The van der Waals surface area contributed by atoms with Crippen LogP contribution in [0.15, 0.2) is 24.3 Å². The van der Waals surface area contributed by atoms with Crippen molar-refractivity contribution in [2.45, 2.75) is 50.7 Å². The molecule has 1 aromatic rings. The van der Waals surface area contributed by atoms with E-state index in [0.29, 0.717) is 11.3 Å². The summed E-state index contributed by atoms with van der Waals surface area (Å²) in [6.45, 7) is 5.25. The number of aliphatic hydroxyl groups is 1. The minimum Gasteiger partial charge on any atom is -0.481 e. The Hall–Kier alpha value is -2.08. The van der Waals surface area contributed by atoms with E-state index in [0.717, 1.165) is 0 Å². The Kier molecular flexibility index (Phi) is 4.15. The maximum atomic E-state index is 11.9. The average Bonchev–Trinajstić information content (AvgIpc) is 2.32. The van der Waals surface area contributed by atoms with E-state index in [1.54, 1.807) is 45.0 Å². The lowest BCUT2D eigenvalue weighted by atomic mass is 9.62. The molecule has 1 fully saturated rings. The van der Waals surface area contributed by atoms with Crippen LogP contribution in [0.2, 0.25) is 0 Å². The van der Waals surface area contributed by atoms with E-state index in [4.69, 9.17) is 4.74 Å². The number of amides is 1. The van der Waals surface area contributed by atoms with Gasteiger partial charge < -0.3 is 14.9 Å². The van der Waals surface area contributed by atoms with E-state index in [1.807, 2.05) is 0 Å². The molecule has 1 saturated carbocycles. The molecule has 0 saturated heterocycles. The molecule has 3 N–H and O–H groups in total. The Morgan fingerprint density at radius 3 is 2.36 bits per heavy atom. The second-order valence-corrected chi connectivity index (χ2v) is 6.62. The molecule has 0 unspecified atom stereocenters. The van der Waals surface area contributed by atoms with E-state index in [9.17, 15) is 19.8 Å².